The van der Waals surface area contributed by atoms with E-state index in [0.29, 0.717) is 10.8 Å². The molecule has 41 heavy (non-hydrogen) atoms. The lowest BCUT2D eigenvalue weighted by atomic mass is 10.0. The third-order valence-electron chi connectivity index (χ3n) is 5.67. The first-order valence-corrected chi connectivity index (χ1v) is 14.0. The second kappa shape index (κ2) is 13.5. The molecule has 0 spiro atoms. The summed E-state index contributed by atoms with van der Waals surface area (Å²) in [6.45, 7) is 11.8. The van der Waals surface area contributed by atoms with Gasteiger partial charge in [0.1, 0.15) is 40.2 Å². The average Bonchev–Trinajstić information content (AvgIpc) is 3.40. The highest BCUT2D eigenvalue weighted by molar-refractivity contribution is 7.11. The van der Waals surface area contributed by atoms with Crippen molar-refractivity contribution in [1.29, 1.82) is 0 Å². The Bertz CT molecular complexity index is 1190. The van der Waals surface area contributed by atoms with Crippen LogP contribution in [-0.4, -0.2) is 83.0 Å². The van der Waals surface area contributed by atoms with E-state index in [1.54, 1.807) is 60.8 Å². The Morgan fingerprint density at radius 1 is 0.976 bits per heavy atom. The van der Waals surface area contributed by atoms with Crippen LogP contribution in [0.3, 0.4) is 0 Å². The Hall–Kier alpha value is -3.45. The standard InChI is InChI=1S/C28H39N3O9S/c1-17-29-30-22(41-17)15-36-16-23(32)38-24-20(13-18-9-11-19(35-8)12-10-18)31(25(33)39-27(2,3)4)14-21(24)37-26(34)40-28(5,6)7/h9-12,20-21,24H,13-16H2,1-8H3/t20-,21+,24+/m1/s1. The van der Waals surface area contributed by atoms with Gasteiger partial charge in [-0.25, -0.2) is 14.4 Å². The molecule has 226 valence electrons. The number of aromatic nitrogens is 2. The Morgan fingerprint density at radius 3 is 2.20 bits per heavy atom. The van der Waals surface area contributed by atoms with Crippen LogP contribution in [0.15, 0.2) is 24.3 Å². The van der Waals surface area contributed by atoms with Crippen molar-refractivity contribution in [2.45, 2.75) is 90.9 Å². The summed E-state index contributed by atoms with van der Waals surface area (Å²) in [6.07, 6.45) is -3.34. The molecule has 0 bridgehead atoms. The monoisotopic (exact) mass is 593 g/mol. The summed E-state index contributed by atoms with van der Waals surface area (Å²) < 4.78 is 33.2. The van der Waals surface area contributed by atoms with Crippen molar-refractivity contribution in [3.63, 3.8) is 0 Å². The largest absolute Gasteiger partial charge is 0.509 e. The number of carbonyl (C=O) groups is 3. The highest BCUT2D eigenvalue weighted by atomic mass is 32.1. The van der Waals surface area contributed by atoms with Gasteiger partial charge in [0.2, 0.25) is 0 Å². The zero-order chi connectivity index (χ0) is 30.4. The van der Waals surface area contributed by atoms with Gasteiger partial charge in [-0.3, -0.25) is 4.90 Å². The molecule has 0 radical (unpaired) electrons. The van der Waals surface area contributed by atoms with Crippen LogP contribution in [0.2, 0.25) is 0 Å². The zero-order valence-corrected chi connectivity index (χ0v) is 25.6. The van der Waals surface area contributed by atoms with E-state index in [4.69, 9.17) is 28.4 Å². The fourth-order valence-corrected chi connectivity index (χ4v) is 4.72. The van der Waals surface area contributed by atoms with E-state index >= 15 is 0 Å². The van der Waals surface area contributed by atoms with Crippen molar-refractivity contribution in [3.8, 4) is 5.75 Å². The predicted molar refractivity (Wildman–Crippen MR) is 149 cm³/mol. The molecule has 1 aromatic carbocycles. The Labute approximate surface area is 244 Å². The van der Waals surface area contributed by atoms with Crippen LogP contribution in [0.5, 0.6) is 5.75 Å². The molecular formula is C28H39N3O9S. The number of esters is 1. The number of hydrogen-bond acceptors (Lipinski definition) is 12. The Morgan fingerprint density at radius 2 is 1.63 bits per heavy atom. The third kappa shape index (κ3) is 10.2. The number of rotatable bonds is 9. The van der Waals surface area contributed by atoms with Gasteiger partial charge in [0.15, 0.2) is 12.2 Å². The van der Waals surface area contributed by atoms with Crippen LogP contribution in [-0.2, 0) is 41.5 Å². The fraction of sp³-hybridized carbons (Fsp3) is 0.607. The number of nitrogens with zero attached hydrogens (tertiary/aromatic N) is 3. The average molecular weight is 594 g/mol. The van der Waals surface area contributed by atoms with Crippen LogP contribution in [0, 0.1) is 6.92 Å². The van der Waals surface area contributed by atoms with Gasteiger partial charge in [0.25, 0.3) is 0 Å². The first kappa shape index (κ1) is 32.1. The van der Waals surface area contributed by atoms with Gasteiger partial charge in [0.05, 0.1) is 19.7 Å². The molecule has 1 fully saturated rings. The predicted octanol–water partition coefficient (Wildman–Crippen LogP) is 4.47. The first-order chi connectivity index (χ1) is 19.1. The van der Waals surface area contributed by atoms with Gasteiger partial charge in [-0.1, -0.05) is 23.5 Å². The second-order valence-electron chi connectivity index (χ2n) is 11.5. The summed E-state index contributed by atoms with van der Waals surface area (Å²) in [6, 6.07) is 6.56. The summed E-state index contributed by atoms with van der Waals surface area (Å²) in [5.74, 6) is -0.0270. The third-order valence-corrected chi connectivity index (χ3v) is 6.48. The van der Waals surface area contributed by atoms with Crippen LogP contribution in [0.4, 0.5) is 9.59 Å². The van der Waals surface area contributed by atoms with E-state index in [2.05, 4.69) is 10.2 Å². The molecule has 3 atom stereocenters. The van der Waals surface area contributed by atoms with E-state index in [1.165, 1.54) is 16.2 Å². The molecular weight excluding hydrogens is 554 g/mol. The molecule has 13 heteroatoms. The van der Waals surface area contributed by atoms with Gasteiger partial charge in [0, 0.05) is 0 Å². The number of benzene rings is 1. The topological polar surface area (TPSA) is 136 Å². The van der Waals surface area contributed by atoms with Gasteiger partial charge in [-0.2, -0.15) is 0 Å². The summed E-state index contributed by atoms with van der Waals surface area (Å²) in [5.41, 5.74) is -0.757. The number of ether oxygens (including phenoxy) is 6. The number of carbonyl (C=O) groups excluding carboxylic acids is 3. The lowest BCUT2D eigenvalue weighted by Gasteiger charge is -2.30. The van der Waals surface area contributed by atoms with Crippen molar-refractivity contribution in [2.75, 3.05) is 20.3 Å². The van der Waals surface area contributed by atoms with E-state index in [0.717, 1.165) is 10.6 Å². The SMILES string of the molecule is COc1ccc(C[C@@H]2[C@H](OC(=O)COCc3nnc(C)s3)[C@@H](OC(=O)OC(C)(C)C)CN2C(=O)OC(C)(C)C)cc1. The molecule has 1 aliphatic rings. The number of amides is 1. The molecule has 0 N–H and O–H groups in total. The number of likely N-dealkylation sites (tertiary alicyclic amines) is 1. The van der Waals surface area contributed by atoms with Crippen molar-refractivity contribution >= 4 is 29.6 Å². The van der Waals surface area contributed by atoms with Gasteiger partial charge in [-0.05, 0) is 72.6 Å². The first-order valence-electron chi connectivity index (χ1n) is 13.2. The van der Waals surface area contributed by atoms with Gasteiger partial charge >= 0.3 is 18.2 Å². The van der Waals surface area contributed by atoms with Crippen molar-refractivity contribution in [2.24, 2.45) is 0 Å². The minimum absolute atomic E-state index is 0.0716. The van der Waals surface area contributed by atoms with Crippen LogP contribution in [0.25, 0.3) is 0 Å². The summed E-state index contributed by atoms with van der Waals surface area (Å²) in [5, 5.41) is 9.30. The molecule has 0 aliphatic carbocycles. The molecule has 1 aliphatic heterocycles. The molecule has 1 saturated heterocycles. The minimum Gasteiger partial charge on any atom is -0.497 e. The number of hydrogen-bond donors (Lipinski definition) is 0. The smallest absolute Gasteiger partial charge is 0.497 e. The van der Waals surface area contributed by atoms with Gasteiger partial charge < -0.3 is 28.4 Å². The lowest BCUT2D eigenvalue weighted by molar-refractivity contribution is -0.161. The zero-order valence-electron chi connectivity index (χ0n) is 24.8. The van der Waals surface area contributed by atoms with Crippen LogP contribution in [0.1, 0.15) is 57.1 Å². The Balaban J connectivity index is 1.85. The van der Waals surface area contributed by atoms with Gasteiger partial charge in [-0.15, -0.1) is 10.2 Å². The van der Waals surface area contributed by atoms with E-state index in [1.807, 2.05) is 19.1 Å². The maximum atomic E-state index is 13.3. The summed E-state index contributed by atoms with van der Waals surface area (Å²) in [7, 11) is 1.57. The molecule has 2 aromatic rings. The number of aryl methyl sites for hydroxylation is 1. The summed E-state index contributed by atoms with van der Waals surface area (Å²) >= 11 is 1.36. The van der Waals surface area contributed by atoms with E-state index in [-0.39, 0.29) is 26.2 Å². The van der Waals surface area contributed by atoms with Crippen LogP contribution >= 0.6 is 11.3 Å². The highest BCUT2D eigenvalue weighted by Gasteiger charge is 2.50. The highest BCUT2D eigenvalue weighted by Crippen LogP contribution is 2.30. The number of methoxy groups -OCH3 is 1. The minimum atomic E-state index is -1.03. The normalized spacial score (nSPS) is 19.0. The molecule has 2 heterocycles. The quantitative estimate of drug-likeness (QED) is 0.301. The van der Waals surface area contributed by atoms with E-state index < -0.39 is 47.7 Å². The lowest BCUT2D eigenvalue weighted by Crippen LogP contribution is -2.45. The van der Waals surface area contributed by atoms with Crippen molar-refractivity contribution in [1.82, 2.24) is 15.1 Å². The second-order valence-corrected chi connectivity index (χ2v) is 12.8. The molecule has 0 unspecified atom stereocenters. The summed E-state index contributed by atoms with van der Waals surface area (Å²) in [4.78, 5) is 40.3. The van der Waals surface area contributed by atoms with Crippen LogP contribution < -0.4 is 4.74 Å². The Kier molecular flexibility index (Phi) is 10.5. The molecule has 1 aromatic heterocycles. The maximum Gasteiger partial charge on any atom is 0.509 e. The molecule has 0 saturated carbocycles. The van der Waals surface area contributed by atoms with Crippen molar-refractivity contribution < 1.29 is 42.8 Å². The molecule has 3 rings (SSSR count). The fourth-order valence-electron chi connectivity index (χ4n) is 4.08. The molecule has 12 nitrogen and oxygen atoms in total. The van der Waals surface area contributed by atoms with E-state index in [9.17, 15) is 14.4 Å². The van der Waals surface area contributed by atoms with Crippen molar-refractivity contribution in [3.05, 3.63) is 39.8 Å². The maximum absolute atomic E-state index is 13.3. The molecule has 1 amide bonds.